The van der Waals surface area contributed by atoms with E-state index in [1.807, 2.05) is 13.8 Å². The molecule has 104 valence electrons. The second kappa shape index (κ2) is 10.3. The van der Waals surface area contributed by atoms with Crippen molar-refractivity contribution in [3.63, 3.8) is 0 Å². The summed E-state index contributed by atoms with van der Waals surface area (Å²) in [6.45, 7) is 8.33. The first-order chi connectivity index (χ1) is 8.08. The highest BCUT2D eigenvalue weighted by atomic mass is 35.5. The van der Waals surface area contributed by atoms with E-state index in [1.165, 1.54) is 0 Å². The van der Waals surface area contributed by atoms with Crippen LogP contribution in [0.25, 0.3) is 0 Å². The minimum Gasteiger partial charge on any atom is -0.395 e. The molecule has 0 spiro atoms. The fourth-order valence-corrected chi connectivity index (χ4v) is 4.02. The Morgan fingerprint density at radius 2 is 1.82 bits per heavy atom. The fourth-order valence-electron chi connectivity index (χ4n) is 1.56. The van der Waals surface area contributed by atoms with E-state index in [0.29, 0.717) is 26.4 Å². The zero-order valence-electron chi connectivity index (χ0n) is 11.1. The van der Waals surface area contributed by atoms with E-state index in [1.54, 1.807) is 0 Å². The predicted molar refractivity (Wildman–Crippen MR) is 71.8 cm³/mol. The highest BCUT2D eigenvalue weighted by Gasteiger charge is 2.29. The Bertz CT molecular complexity index is 177. The Morgan fingerprint density at radius 1 is 1.24 bits per heavy atom. The normalized spacial score (nSPS) is 13.9. The average Bonchev–Trinajstić information content (AvgIpc) is 2.29. The maximum absolute atomic E-state index is 9.19. The van der Waals surface area contributed by atoms with E-state index in [0.717, 1.165) is 12.5 Å². The summed E-state index contributed by atoms with van der Waals surface area (Å²) in [6, 6.07) is 0.908. The number of hydrogen-bond acceptors (Lipinski definition) is 4. The first-order valence-corrected chi connectivity index (χ1v) is 9.23. The quantitative estimate of drug-likeness (QED) is 0.359. The van der Waals surface area contributed by atoms with Crippen molar-refractivity contribution in [1.82, 2.24) is 0 Å². The molecule has 0 saturated carbocycles. The predicted octanol–water partition coefficient (Wildman–Crippen LogP) is 2.14. The molecule has 1 unspecified atom stereocenters. The number of aliphatic hydroxyl groups excluding tert-OH is 1. The SMILES string of the molecule is CCO[Si](C)(CCCOCC(O)CCl)OCC. The third-order valence-electron chi connectivity index (χ3n) is 2.31. The molecule has 0 bridgehead atoms. The van der Waals surface area contributed by atoms with Crippen LogP contribution in [0.1, 0.15) is 20.3 Å². The van der Waals surface area contributed by atoms with Crippen molar-refractivity contribution in [3.05, 3.63) is 0 Å². The number of aliphatic hydroxyl groups is 1. The Morgan fingerprint density at radius 3 is 2.29 bits per heavy atom. The van der Waals surface area contributed by atoms with Crippen LogP contribution in [-0.4, -0.2) is 52.1 Å². The van der Waals surface area contributed by atoms with Gasteiger partial charge in [-0.3, -0.25) is 0 Å². The third-order valence-corrected chi connectivity index (χ3v) is 5.72. The summed E-state index contributed by atoms with van der Waals surface area (Å²) in [4.78, 5) is 0. The summed E-state index contributed by atoms with van der Waals surface area (Å²) in [7, 11) is -2.00. The molecule has 0 aromatic rings. The van der Waals surface area contributed by atoms with Crippen LogP contribution in [0.5, 0.6) is 0 Å². The summed E-state index contributed by atoms with van der Waals surface area (Å²) < 4.78 is 16.7. The summed E-state index contributed by atoms with van der Waals surface area (Å²) in [5, 5.41) is 9.19. The molecule has 1 N–H and O–H groups in total. The van der Waals surface area contributed by atoms with Gasteiger partial charge in [0.2, 0.25) is 0 Å². The molecule has 0 heterocycles. The van der Waals surface area contributed by atoms with Gasteiger partial charge in [0.1, 0.15) is 0 Å². The molecule has 0 aliphatic carbocycles. The highest BCUT2D eigenvalue weighted by Crippen LogP contribution is 2.15. The first-order valence-electron chi connectivity index (χ1n) is 6.17. The molecule has 0 rings (SSSR count). The van der Waals surface area contributed by atoms with E-state index in [4.69, 9.17) is 25.2 Å². The van der Waals surface area contributed by atoms with Gasteiger partial charge >= 0.3 is 8.56 Å². The van der Waals surface area contributed by atoms with Gasteiger partial charge in [-0.1, -0.05) is 0 Å². The molecular weight excluding hydrogens is 260 g/mol. The Balaban J connectivity index is 3.67. The second-order valence-electron chi connectivity index (χ2n) is 3.99. The number of alkyl halides is 1. The summed E-state index contributed by atoms with van der Waals surface area (Å²) in [6.07, 6.45) is 0.316. The molecule has 0 aliphatic rings. The second-order valence-corrected chi connectivity index (χ2v) is 7.64. The maximum Gasteiger partial charge on any atom is 0.334 e. The van der Waals surface area contributed by atoms with Gasteiger partial charge in [-0.05, 0) is 32.9 Å². The minimum atomic E-state index is -2.00. The van der Waals surface area contributed by atoms with Crippen LogP contribution >= 0.6 is 11.6 Å². The molecule has 6 heteroatoms. The van der Waals surface area contributed by atoms with Crippen LogP contribution in [0, 0.1) is 0 Å². The molecule has 0 aromatic carbocycles. The van der Waals surface area contributed by atoms with Crippen molar-refractivity contribution in [2.75, 3.05) is 32.3 Å². The fraction of sp³-hybridized carbons (Fsp3) is 1.00. The number of rotatable bonds is 11. The molecule has 4 nitrogen and oxygen atoms in total. The van der Waals surface area contributed by atoms with Crippen molar-refractivity contribution in [1.29, 1.82) is 0 Å². The first kappa shape index (κ1) is 17.3. The lowest BCUT2D eigenvalue weighted by molar-refractivity contribution is 0.0472. The van der Waals surface area contributed by atoms with Gasteiger partial charge in [-0.25, -0.2) is 0 Å². The van der Waals surface area contributed by atoms with E-state index in [9.17, 15) is 5.11 Å². The summed E-state index contributed by atoms with van der Waals surface area (Å²) in [5.74, 6) is 0.213. The van der Waals surface area contributed by atoms with Crippen LogP contribution in [0.2, 0.25) is 12.6 Å². The van der Waals surface area contributed by atoms with Crippen molar-refractivity contribution in [3.8, 4) is 0 Å². The largest absolute Gasteiger partial charge is 0.395 e. The topological polar surface area (TPSA) is 47.9 Å². The molecule has 17 heavy (non-hydrogen) atoms. The minimum absolute atomic E-state index is 0.213. The lowest BCUT2D eigenvalue weighted by Crippen LogP contribution is -2.38. The number of hydrogen-bond donors (Lipinski definition) is 1. The van der Waals surface area contributed by atoms with Gasteiger partial charge in [0.05, 0.1) is 18.6 Å². The van der Waals surface area contributed by atoms with Gasteiger partial charge in [0.15, 0.2) is 0 Å². The molecule has 0 radical (unpaired) electrons. The van der Waals surface area contributed by atoms with Gasteiger partial charge in [-0.15, -0.1) is 11.6 Å². The monoisotopic (exact) mass is 284 g/mol. The molecule has 0 amide bonds. The smallest absolute Gasteiger partial charge is 0.334 e. The standard InChI is InChI=1S/C11H25ClO4Si/c1-4-15-17(3,16-5-2)8-6-7-14-10-11(13)9-12/h11,13H,4-10H2,1-3H3. The zero-order valence-corrected chi connectivity index (χ0v) is 12.8. The van der Waals surface area contributed by atoms with Crippen molar-refractivity contribution >= 4 is 20.2 Å². The van der Waals surface area contributed by atoms with Crippen LogP contribution in [-0.2, 0) is 13.6 Å². The van der Waals surface area contributed by atoms with E-state index >= 15 is 0 Å². The van der Waals surface area contributed by atoms with Crippen LogP contribution in [0.15, 0.2) is 0 Å². The third kappa shape index (κ3) is 8.99. The van der Waals surface area contributed by atoms with Crippen LogP contribution in [0.3, 0.4) is 0 Å². The van der Waals surface area contributed by atoms with Crippen molar-refractivity contribution in [2.45, 2.75) is 39.0 Å². The average molecular weight is 285 g/mol. The highest BCUT2D eigenvalue weighted by molar-refractivity contribution is 6.66. The summed E-state index contributed by atoms with van der Waals surface area (Å²) >= 11 is 5.46. The molecule has 0 saturated heterocycles. The van der Waals surface area contributed by atoms with Gasteiger partial charge in [-0.2, -0.15) is 0 Å². The molecular formula is C11H25ClO4Si. The van der Waals surface area contributed by atoms with E-state index < -0.39 is 14.7 Å². The van der Waals surface area contributed by atoms with Crippen LogP contribution < -0.4 is 0 Å². The lowest BCUT2D eigenvalue weighted by Gasteiger charge is -2.25. The van der Waals surface area contributed by atoms with Gasteiger partial charge < -0.3 is 18.7 Å². The van der Waals surface area contributed by atoms with E-state index in [-0.39, 0.29) is 5.88 Å². The molecule has 1 atom stereocenters. The lowest BCUT2D eigenvalue weighted by atomic mass is 10.4. The Labute approximate surface area is 110 Å². The Kier molecular flexibility index (Phi) is 10.5. The molecule has 0 aromatic heterocycles. The number of ether oxygens (including phenoxy) is 1. The van der Waals surface area contributed by atoms with Gasteiger partial charge in [0.25, 0.3) is 0 Å². The van der Waals surface area contributed by atoms with Crippen molar-refractivity contribution in [2.24, 2.45) is 0 Å². The van der Waals surface area contributed by atoms with Crippen molar-refractivity contribution < 1.29 is 18.7 Å². The summed E-state index contributed by atoms with van der Waals surface area (Å²) in [5.41, 5.74) is 0. The molecule has 0 fully saturated rings. The molecule has 0 aliphatic heterocycles. The van der Waals surface area contributed by atoms with Gasteiger partial charge in [0, 0.05) is 19.8 Å². The maximum atomic E-state index is 9.19. The van der Waals surface area contributed by atoms with Crippen LogP contribution in [0.4, 0.5) is 0 Å². The van der Waals surface area contributed by atoms with E-state index in [2.05, 4.69) is 6.55 Å². The number of halogens is 1. The zero-order chi connectivity index (χ0) is 13.1. The Hall–Kier alpha value is 0.347.